The Kier molecular flexibility index (Phi) is 2.81. The van der Waals surface area contributed by atoms with Gasteiger partial charge in [-0.3, -0.25) is 0 Å². The average Bonchev–Trinajstić information content (AvgIpc) is 2.83. The lowest BCUT2D eigenvalue weighted by Gasteiger charge is -2.20. The van der Waals surface area contributed by atoms with E-state index in [4.69, 9.17) is 9.47 Å². The van der Waals surface area contributed by atoms with Gasteiger partial charge in [-0.25, -0.2) is 0 Å². The molecule has 1 atom stereocenters. The summed E-state index contributed by atoms with van der Waals surface area (Å²) in [5.41, 5.74) is 0.961. The van der Waals surface area contributed by atoms with Crippen LogP contribution in [-0.4, -0.2) is 31.4 Å². The van der Waals surface area contributed by atoms with Crippen molar-refractivity contribution in [1.82, 2.24) is 5.32 Å². The van der Waals surface area contributed by atoms with E-state index in [0.29, 0.717) is 30.6 Å². The first-order valence-electron chi connectivity index (χ1n) is 6.15. The largest absolute Gasteiger partial charge is 0.508 e. The second kappa shape index (κ2) is 4.45. The van der Waals surface area contributed by atoms with Gasteiger partial charge in [0.15, 0.2) is 11.5 Å². The van der Waals surface area contributed by atoms with Crippen LogP contribution in [0, 0.1) is 5.92 Å². The molecule has 92 valence electrons. The van der Waals surface area contributed by atoms with Crippen molar-refractivity contribution in [1.29, 1.82) is 0 Å². The summed E-state index contributed by atoms with van der Waals surface area (Å²) < 4.78 is 11.0. The van der Waals surface area contributed by atoms with Crippen molar-refractivity contribution in [3.8, 4) is 17.2 Å². The van der Waals surface area contributed by atoms with Crippen LogP contribution in [0.25, 0.3) is 0 Å². The third kappa shape index (κ3) is 2.17. The van der Waals surface area contributed by atoms with Crippen LogP contribution >= 0.6 is 0 Å². The molecule has 1 fully saturated rings. The number of aromatic hydroxyl groups is 1. The van der Waals surface area contributed by atoms with E-state index < -0.39 is 0 Å². The Hall–Kier alpha value is -1.42. The first-order valence-corrected chi connectivity index (χ1v) is 6.15. The maximum atomic E-state index is 9.97. The highest BCUT2D eigenvalue weighted by atomic mass is 16.6. The topological polar surface area (TPSA) is 50.7 Å². The molecule has 1 aromatic rings. The molecule has 2 aliphatic heterocycles. The molecule has 0 saturated carbocycles. The standard InChI is InChI=1S/C13H17NO3/c15-11-7-13-12(16-3-4-17-13)6-10(11)5-9-1-2-14-8-9/h6-7,9,14-15H,1-5,8H2. The van der Waals surface area contributed by atoms with Crippen LogP contribution in [-0.2, 0) is 6.42 Å². The van der Waals surface area contributed by atoms with Gasteiger partial charge < -0.3 is 19.9 Å². The first-order chi connectivity index (χ1) is 8.33. The fraction of sp³-hybridized carbons (Fsp3) is 0.538. The number of nitrogens with one attached hydrogen (secondary N) is 1. The highest BCUT2D eigenvalue weighted by Gasteiger charge is 2.20. The Labute approximate surface area is 101 Å². The highest BCUT2D eigenvalue weighted by molar-refractivity contribution is 5.50. The quantitative estimate of drug-likeness (QED) is 0.811. The van der Waals surface area contributed by atoms with Gasteiger partial charge in [-0.2, -0.15) is 0 Å². The maximum Gasteiger partial charge on any atom is 0.165 e. The van der Waals surface area contributed by atoms with Gasteiger partial charge in [0.05, 0.1) is 0 Å². The molecular weight excluding hydrogens is 218 g/mol. The molecule has 0 bridgehead atoms. The van der Waals surface area contributed by atoms with Crippen LogP contribution in [0.15, 0.2) is 12.1 Å². The minimum atomic E-state index is 0.321. The van der Waals surface area contributed by atoms with E-state index in [1.54, 1.807) is 6.07 Å². The smallest absolute Gasteiger partial charge is 0.165 e. The zero-order chi connectivity index (χ0) is 11.7. The van der Waals surface area contributed by atoms with Gasteiger partial charge in [0.25, 0.3) is 0 Å². The summed E-state index contributed by atoms with van der Waals surface area (Å²) in [7, 11) is 0. The van der Waals surface area contributed by atoms with Crippen molar-refractivity contribution >= 4 is 0 Å². The van der Waals surface area contributed by atoms with E-state index in [1.807, 2.05) is 6.07 Å². The summed E-state index contributed by atoms with van der Waals surface area (Å²) in [5, 5.41) is 13.3. The maximum absolute atomic E-state index is 9.97. The van der Waals surface area contributed by atoms with Crippen molar-refractivity contribution < 1.29 is 14.6 Å². The van der Waals surface area contributed by atoms with Crippen molar-refractivity contribution in [3.63, 3.8) is 0 Å². The summed E-state index contributed by atoms with van der Waals surface area (Å²) >= 11 is 0. The van der Waals surface area contributed by atoms with Gasteiger partial charge >= 0.3 is 0 Å². The normalized spacial score (nSPS) is 22.7. The van der Waals surface area contributed by atoms with E-state index in [1.165, 1.54) is 6.42 Å². The van der Waals surface area contributed by atoms with Gasteiger partial charge in [0, 0.05) is 6.07 Å². The number of rotatable bonds is 2. The molecule has 1 aromatic carbocycles. The number of fused-ring (bicyclic) bond motifs is 1. The third-order valence-electron chi connectivity index (χ3n) is 3.41. The monoisotopic (exact) mass is 235 g/mol. The molecule has 1 unspecified atom stereocenters. The number of benzene rings is 1. The van der Waals surface area contributed by atoms with E-state index in [0.717, 1.165) is 30.8 Å². The molecule has 0 aromatic heterocycles. The Morgan fingerprint density at radius 3 is 2.71 bits per heavy atom. The molecule has 1 saturated heterocycles. The van der Waals surface area contributed by atoms with E-state index in [9.17, 15) is 5.11 Å². The van der Waals surface area contributed by atoms with Crippen LogP contribution in [0.4, 0.5) is 0 Å². The summed E-state index contributed by atoms with van der Waals surface area (Å²) in [4.78, 5) is 0. The summed E-state index contributed by atoms with van der Waals surface area (Å²) in [6.07, 6.45) is 2.07. The molecule has 0 radical (unpaired) electrons. The number of hydrogen-bond acceptors (Lipinski definition) is 4. The number of hydrogen-bond donors (Lipinski definition) is 2. The fourth-order valence-electron chi connectivity index (χ4n) is 2.48. The molecule has 2 aliphatic rings. The van der Waals surface area contributed by atoms with Crippen LogP contribution in [0.5, 0.6) is 17.2 Å². The fourth-order valence-corrected chi connectivity index (χ4v) is 2.48. The second-order valence-corrected chi connectivity index (χ2v) is 4.69. The number of phenolic OH excluding ortho intramolecular Hbond substituents is 1. The van der Waals surface area contributed by atoms with Crippen molar-refractivity contribution in [2.24, 2.45) is 5.92 Å². The summed E-state index contributed by atoms with van der Waals surface area (Å²) in [6.45, 7) is 3.25. The minimum absolute atomic E-state index is 0.321. The average molecular weight is 235 g/mol. The number of phenols is 1. The summed E-state index contributed by atoms with van der Waals surface area (Å²) in [5.74, 6) is 2.35. The van der Waals surface area contributed by atoms with Gasteiger partial charge in [0.1, 0.15) is 19.0 Å². The third-order valence-corrected chi connectivity index (χ3v) is 3.41. The van der Waals surface area contributed by atoms with Crippen LogP contribution in [0.2, 0.25) is 0 Å². The molecule has 0 amide bonds. The molecule has 2 N–H and O–H groups in total. The van der Waals surface area contributed by atoms with Gasteiger partial charge in [-0.05, 0) is 43.5 Å². The molecule has 3 rings (SSSR count). The molecule has 0 spiro atoms. The van der Waals surface area contributed by atoms with Crippen LogP contribution in [0.1, 0.15) is 12.0 Å². The molecular formula is C13H17NO3. The second-order valence-electron chi connectivity index (χ2n) is 4.69. The Balaban J connectivity index is 1.83. The molecule has 0 aliphatic carbocycles. The van der Waals surface area contributed by atoms with Crippen molar-refractivity contribution in [2.75, 3.05) is 26.3 Å². The zero-order valence-electron chi connectivity index (χ0n) is 9.74. The van der Waals surface area contributed by atoms with Gasteiger partial charge in [-0.15, -0.1) is 0 Å². The van der Waals surface area contributed by atoms with Gasteiger partial charge in [-0.1, -0.05) is 0 Å². The molecule has 4 heteroatoms. The lowest BCUT2D eigenvalue weighted by molar-refractivity contribution is 0.170. The Morgan fingerprint density at radius 1 is 1.24 bits per heavy atom. The predicted octanol–water partition coefficient (Wildman–Crippen LogP) is 1.32. The highest BCUT2D eigenvalue weighted by Crippen LogP contribution is 2.37. The lowest BCUT2D eigenvalue weighted by Crippen LogP contribution is -2.16. The Bertz CT molecular complexity index is 413. The van der Waals surface area contributed by atoms with E-state index in [-0.39, 0.29) is 0 Å². The minimum Gasteiger partial charge on any atom is -0.508 e. The van der Waals surface area contributed by atoms with Crippen molar-refractivity contribution in [2.45, 2.75) is 12.8 Å². The van der Waals surface area contributed by atoms with E-state index >= 15 is 0 Å². The summed E-state index contributed by atoms with van der Waals surface area (Å²) in [6, 6.07) is 3.59. The SMILES string of the molecule is Oc1cc2c(cc1CC1CCNC1)OCCO2. The Morgan fingerprint density at radius 2 is 2.00 bits per heavy atom. The number of ether oxygens (including phenoxy) is 2. The van der Waals surface area contributed by atoms with Crippen molar-refractivity contribution in [3.05, 3.63) is 17.7 Å². The predicted molar refractivity (Wildman–Crippen MR) is 63.8 cm³/mol. The molecule has 17 heavy (non-hydrogen) atoms. The van der Waals surface area contributed by atoms with E-state index in [2.05, 4.69) is 5.32 Å². The molecule has 2 heterocycles. The van der Waals surface area contributed by atoms with Gasteiger partial charge in [0.2, 0.25) is 0 Å². The lowest BCUT2D eigenvalue weighted by atomic mass is 9.97. The molecule has 4 nitrogen and oxygen atoms in total. The first kappa shape index (κ1) is 10.7. The van der Waals surface area contributed by atoms with Crippen LogP contribution in [0.3, 0.4) is 0 Å². The van der Waals surface area contributed by atoms with Crippen LogP contribution < -0.4 is 14.8 Å². The zero-order valence-corrected chi connectivity index (χ0v) is 9.74.